The number of hydrogen-bond acceptors (Lipinski definition) is 5. The van der Waals surface area contributed by atoms with Crippen LogP contribution < -0.4 is 10.9 Å². The summed E-state index contributed by atoms with van der Waals surface area (Å²) in [6.07, 6.45) is 8.35. The number of carbonyl (C=O) groups is 1. The SMILES string of the molecule is O=C(Cn1cnc2ccc([N+](=O)[O-])cc2c1=O)NC12CC3CC(CC(C3)C1)C2. The molecule has 4 bridgehead atoms. The van der Waals surface area contributed by atoms with E-state index in [2.05, 4.69) is 10.3 Å². The van der Waals surface area contributed by atoms with Crippen molar-refractivity contribution in [1.82, 2.24) is 14.9 Å². The van der Waals surface area contributed by atoms with E-state index in [4.69, 9.17) is 0 Å². The molecule has 1 aromatic heterocycles. The van der Waals surface area contributed by atoms with Crippen molar-refractivity contribution < 1.29 is 9.72 Å². The van der Waals surface area contributed by atoms with Crippen molar-refractivity contribution in [3.63, 3.8) is 0 Å². The molecule has 1 aromatic carbocycles. The molecule has 146 valence electrons. The zero-order chi connectivity index (χ0) is 19.5. The molecule has 8 heteroatoms. The molecule has 4 fully saturated rings. The lowest BCUT2D eigenvalue weighted by Gasteiger charge is -2.56. The molecule has 4 aliphatic rings. The van der Waals surface area contributed by atoms with E-state index in [1.165, 1.54) is 48.4 Å². The normalized spacial score (nSPS) is 30.5. The van der Waals surface area contributed by atoms with E-state index in [9.17, 15) is 19.7 Å². The minimum Gasteiger partial charge on any atom is -0.349 e. The number of carbonyl (C=O) groups excluding carboxylic acids is 1. The van der Waals surface area contributed by atoms with Crippen LogP contribution in [0.1, 0.15) is 38.5 Å². The van der Waals surface area contributed by atoms with Crippen molar-refractivity contribution in [3.05, 3.63) is 45.0 Å². The average Bonchev–Trinajstić information content (AvgIpc) is 2.62. The zero-order valence-corrected chi connectivity index (χ0v) is 15.5. The predicted octanol–water partition coefficient (Wildman–Crippen LogP) is 2.39. The Kier molecular flexibility index (Phi) is 3.79. The molecule has 0 radical (unpaired) electrons. The summed E-state index contributed by atoms with van der Waals surface area (Å²) < 4.78 is 1.24. The number of fused-ring (bicyclic) bond motifs is 1. The molecular formula is C20H22N4O4. The number of non-ortho nitro benzene ring substituents is 1. The highest BCUT2D eigenvalue weighted by molar-refractivity contribution is 5.81. The number of nitro benzene ring substituents is 1. The highest BCUT2D eigenvalue weighted by atomic mass is 16.6. The summed E-state index contributed by atoms with van der Waals surface area (Å²) in [5.74, 6) is 1.97. The summed E-state index contributed by atoms with van der Waals surface area (Å²) in [6, 6.07) is 3.99. The van der Waals surface area contributed by atoms with Crippen LogP contribution in [0.4, 0.5) is 5.69 Å². The third kappa shape index (κ3) is 2.87. The fourth-order valence-electron chi connectivity index (χ4n) is 6.13. The van der Waals surface area contributed by atoms with Crippen molar-refractivity contribution in [1.29, 1.82) is 0 Å². The lowest BCUT2D eigenvalue weighted by molar-refractivity contribution is -0.384. The largest absolute Gasteiger partial charge is 0.349 e. The second-order valence-electron chi connectivity index (χ2n) is 8.88. The van der Waals surface area contributed by atoms with Crippen molar-refractivity contribution in [2.75, 3.05) is 0 Å². The first-order chi connectivity index (χ1) is 13.4. The molecule has 0 unspecified atom stereocenters. The van der Waals surface area contributed by atoms with Gasteiger partial charge in [0.1, 0.15) is 6.54 Å². The summed E-state index contributed by atoms with van der Waals surface area (Å²) in [6.45, 7) is -0.119. The number of nitro groups is 1. The maximum atomic E-state index is 12.8. The Hall–Kier alpha value is -2.77. The standard InChI is InChI=1S/C20H22N4O4/c25-18(22-20-7-12-3-13(8-20)5-14(4-12)9-20)10-23-11-21-17-2-1-15(24(27)28)6-16(17)19(23)26/h1-2,6,11-14H,3-5,7-10H2,(H,22,25). The van der Waals surface area contributed by atoms with Crippen LogP contribution >= 0.6 is 0 Å². The van der Waals surface area contributed by atoms with E-state index in [1.807, 2.05) is 0 Å². The Morgan fingerprint density at radius 1 is 1.21 bits per heavy atom. The van der Waals surface area contributed by atoms with Crippen LogP contribution in [0.15, 0.2) is 29.3 Å². The second-order valence-corrected chi connectivity index (χ2v) is 8.88. The van der Waals surface area contributed by atoms with Gasteiger partial charge in [0.2, 0.25) is 5.91 Å². The van der Waals surface area contributed by atoms with Gasteiger partial charge in [-0.05, 0) is 62.3 Å². The van der Waals surface area contributed by atoms with Gasteiger partial charge in [0.15, 0.2) is 0 Å². The van der Waals surface area contributed by atoms with Crippen LogP contribution in [0.5, 0.6) is 0 Å². The third-order valence-corrected chi connectivity index (χ3v) is 6.78. The fourth-order valence-corrected chi connectivity index (χ4v) is 6.13. The van der Waals surface area contributed by atoms with Crippen molar-refractivity contribution in [2.45, 2.75) is 50.6 Å². The maximum absolute atomic E-state index is 12.8. The summed E-state index contributed by atoms with van der Waals surface area (Å²) >= 11 is 0. The minimum atomic E-state index is -0.546. The molecule has 4 aliphatic carbocycles. The minimum absolute atomic E-state index is 0.113. The number of hydrogen-bond donors (Lipinski definition) is 1. The zero-order valence-electron chi connectivity index (χ0n) is 15.5. The number of nitrogens with zero attached hydrogens (tertiary/aromatic N) is 3. The van der Waals surface area contributed by atoms with E-state index >= 15 is 0 Å². The van der Waals surface area contributed by atoms with Crippen LogP contribution in [-0.4, -0.2) is 25.9 Å². The molecule has 1 N–H and O–H groups in total. The van der Waals surface area contributed by atoms with E-state index in [0.29, 0.717) is 5.52 Å². The molecular weight excluding hydrogens is 360 g/mol. The fraction of sp³-hybridized carbons (Fsp3) is 0.550. The summed E-state index contributed by atoms with van der Waals surface area (Å²) in [5, 5.41) is 14.4. The molecule has 8 nitrogen and oxygen atoms in total. The van der Waals surface area contributed by atoms with Gasteiger partial charge >= 0.3 is 0 Å². The number of benzene rings is 1. The summed E-state index contributed by atoms with van der Waals surface area (Å²) in [4.78, 5) is 40.1. The topological polar surface area (TPSA) is 107 Å². The van der Waals surface area contributed by atoms with Crippen LogP contribution in [0.3, 0.4) is 0 Å². The first-order valence-electron chi connectivity index (χ1n) is 9.85. The van der Waals surface area contributed by atoms with Crippen molar-refractivity contribution in [3.8, 4) is 0 Å². The Labute approximate surface area is 161 Å². The monoisotopic (exact) mass is 382 g/mol. The average molecular weight is 382 g/mol. The number of nitrogens with one attached hydrogen (secondary N) is 1. The van der Waals surface area contributed by atoms with E-state index in [1.54, 1.807) is 0 Å². The van der Waals surface area contributed by atoms with Crippen molar-refractivity contribution in [2.24, 2.45) is 17.8 Å². The number of amides is 1. The smallest absolute Gasteiger partial charge is 0.270 e. The maximum Gasteiger partial charge on any atom is 0.270 e. The Morgan fingerprint density at radius 3 is 2.46 bits per heavy atom. The predicted molar refractivity (Wildman–Crippen MR) is 102 cm³/mol. The van der Waals surface area contributed by atoms with Gasteiger partial charge in [0, 0.05) is 17.7 Å². The number of aromatic nitrogens is 2. The molecule has 0 aliphatic heterocycles. The second kappa shape index (κ2) is 6.12. The molecule has 0 atom stereocenters. The van der Waals surface area contributed by atoms with Crippen LogP contribution in [0.25, 0.3) is 10.9 Å². The van der Waals surface area contributed by atoms with Crippen molar-refractivity contribution >= 4 is 22.5 Å². The molecule has 28 heavy (non-hydrogen) atoms. The Morgan fingerprint density at radius 2 is 1.86 bits per heavy atom. The van der Waals surface area contributed by atoms with E-state index in [-0.39, 0.29) is 29.1 Å². The Balaban J connectivity index is 1.38. The summed E-state index contributed by atoms with van der Waals surface area (Å²) in [5.41, 5.74) is -0.330. The van der Waals surface area contributed by atoms with Crippen LogP contribution in [-0.2, 0) is 11.3 Å². The summed E-state index contributed by atoms with van der Waals surface area (Å²) in [7, 11) is 0. The van der Waals surface area contributed by atoms with E-state index in [0.717, 1.165) is 37.0 Å². The van der Waals surface area contributed by atoms with Gasteiger partial charge in [-0.1, -0.05) is 0 Å². The Bertz CT molecular complexity index is 1010. The van der Waals surface area contributed by atoms with Gasteiger partial charge in [-0.15, -0.1) is 0 Å². The first-order valence-corrected chi connectivity index (χ1v) is 9.85. The quantitative estimate of drug-likeness (QED) is 0.645. The molecule has 2 aromatic rings. The third-order valence-electron chi connectivity index (χ3n) is 6.78. The molecule has 6 rings (SSSR count). The van der Waals surface area contributed by atoms with Crippen LogP contribution in [0, 0.1) is 27.9 Å². The van der Waals surface area contributed by atoms with Crippen LogP contribution in [0.2, 0.25) is 0 Å². The lowest BCUT2D eigenvalue weighted by atomic mass is 9.53. The highest BCUT2D eigenvalue weighted by Crippen LogP contribution is 2.55. The molecule has 1 amide bonds. The first kappa shape index (κ1) is 17.3. The van der Waals surface area contributed by atoms with Gasteiger partial charge in [0.25, 0.3) is 11.2 Å². The number of rotatable bonds is 4. The van der Waals surface area contributed by atoms with Gasteiger partial charge in [-0.2, -0.15) is 0 Å². The van der Waals surface area contributed by atoms with Gasteiger partial charge < -0.3 is 5.32 Å². The van der Waals surface area contributed by atoms with Gasteiger partial charge in [-0.25, -0.2) is 4.98 Å². The van der Waals surface area contributed by atoms with Gasteiger partial charge in [0.05, 0.1) is 22.2 Å². The highest BCUT2D eigenvalue weighted by Gasteiger charge is 2.51. The molecule has 1 heterocycles. The molecule has 0 spiro atoms. The van der Waals surface area contributed by atoms with E-state index < -0.39 is 10.5 Å². The molecule has 0 saturated heterocycles. The lowest BCUT2D eigenvalue weighted by Crippen LogP contribution is -2.60. The molecule has 4 saturated carbocycles. The van der Waals surface area contributed by atoms with Gasteiger partial charge in [-0.3, -0.25) is 24.3 Å².